The van der Waals surface area contributed by atoms with Crippen molar-refractivity contribution < 1.29 is 4.74 Å². The third-order valence-electron chi connectivity index (χ3n) is 2.34. The minimum atomic E-state index is 0.616. The van der Waals surface area contributed by atoms with Crippen LogP contribution in [0.1, 0.15) is 31.7 Å². The van der Waals surface area contributed by atoms with E-state index in [1.165, 1.54) is 12.0 Å². The lowest BCUT2D eigenvalue weighted by Crippen LogP contribution is -1.98. The van der Waals surface area contributed by atoms with Crippen molar-refractivity contribution in [3.8, 4) is 5.75 Å². The largest absolute Gasteiger partial charge is 0.494 e. The molecule has 1 aromatic rings. The maximum Gasteiger partial charge on any atom is 0.119 e. The van der Waals surface area contributed by atoms with Gasteiger partial charge in [-0.1, -0.05) is 35.0 Å². The molecule has 0 aliphatic rings. The zero-order valence-electron chi connectivity index (χ0n) is 8.79. The first-order valence-electron chi connectivity index (χ1n) is 5.10. The summed E-state index contributed by atoms with van der Waals surface area (Å²) in [6.45, 7) is 4.94. The van der Waals surface area contributed by atoms with Gasteiger partial charge in [0.2, 0.25) is 0 Å². The molecule has 14 heavy (non-hydrogen) atoms. The minimum Gasteiger partial charge on any atom is -0.494 e. The Labute approximate surface area is 94.6 Å². The molecule has 0 aliphatic carbocycles. The second kappa shape index (κ2) is 6.07. The van der Waals surface area contributed by atoms with Gasteiger partial charge in [-0.3, -0.25) is 0 Å². The van der Waals surface area contributed by atoms with E-state index in [-0.39, 0.29) is 0 Å². The van der Waals surface area contributed by atoms with E-state index in [2.05, 4.69) is 35.0 Å². The molecule has 0 aliphatic heterocycles. The Balaban J connectivity index is 2.71. The van der Waals surface area contributed by atoms with E-state index in [0.29, 0.717) is 5.92 Å². The van der Waals surface area contributed by atoms with Crippen molar-refractivity contribution in [1.82, 2.24) is 0 Å². The van der Waals surface area contributed by atoms with Crippen LogP contribution in [0.15, 0.2) is 24.3 Å². The number of alkyl halides is 1. The lowest BCUT2D eigenvalue weighted by atomic mass is 9.99. The summed E-state index contributed by atoms with van der Waals surface area (Å²) in [7, 11) is 0. The van der Waals surface area contributed by atoms with Gasteiger partial charge in [0.15, 0.2) is 0 Å². The monoisotopic (exact) mass is 256 g/mol. The van der Waals surface area contributed by atoms with E-state index in [0.717, 1.165) is 17.7 Å². The van der Waals surface area contributed by atoms with Crippen LogP contribution in [0, 0.1) is 0 Å². The summed E-state index contributed by atoms with van der Waals surface area (Å²) >= 11 is 3.53. The van der Waals surface area contributed by atoms with E-state index >= 15 is 0 Å². The molecule has 0 radical (unpaired) electrons. The normalized spacial score (nSPS) is 12.5. The van der Waals surface area contributed by atoms with E-state index in [1.54, 1.807) is 0 Å². The number of hydrogen-bond acceptors (Lipinski definition) is 1. The van der Waals surface area contributed by atoms with Crippen molar-refractivity contribution in [2.24, 2.45) is 0 Å². The van der Waals surface area contributed by atoms with Crippen LogP contribution >= 0.6 is 15.9 Å². The molecule has 0 saturated carbocycles. The molecule has 1 nitrogen and oxygen atoms in total. The van der Waals surface area contributed by atoms with Crippen LogP contribution in [-0.2, 0) is 0 Å². The Morgan fingerprint density at radius 2 is 1.86 bits per heavy atom. The van der Waals surface area contributed by atoms with Gasteiger partial charge in [0.25, 0.3) is 0 Å². The molecule has 0 aromatic heterocycles. The Kier molecular flexibility index (Phi) is 5.02. The highest BCUT2D eigenvalue weighted by Crippen LogP contribution is 2.23. The van der Waals surface area contributed by atoms with Crippen LogP contribution in [-0.4, -0.2) is 11.9 Å². The lowest BCUT2D eigenvalue weighted by Gasteiger charge is -2.12. The molecule has 0 saturated heterocycles. The number of benzene rings is 1. The zero-order chi connectivity index (χ0) is 10.4. The van der Waals surface area contributed by atoms with Gasteiger partial charge in [-0.05, 0) is 37.0 Å². The number of hydrogen-bond donors (Lipinski definition) is 0. The van der Waals surface area contributed by atoms with Crippen molar-refractivity contribution in [2.75, 3.05) is 11.9 Å². The minimum absolute atomic E-state index is 0.616. The Hall–Kier alpha value is -0.500. The highest BCUT2D eigenvalue weighted by molar-refractivity contribution is 9.09. The van der Waals surface area contributed by atoms with Crippen molar-refractivity contribution >= 4 is 15.9 Å². The van der Waals surface area contributed by atoms with Crippen LogP contribution < -0.4 is 4.74 Å². The first-order chi connectivity index (χ1) is 6.81. The quantitative estimate of drug-likeness (QED) is 0.725. The highest BCUT2D eigenvalue weighted by Gasteiger charge is 2.06. The summed E-state index contributed by atoms with van der Waals surface area (Å²) in [5.74, 6) is 1.58. The van der Waals surface area contributed by atoms with Gasteiger partial charge >= 0.3 is 0 Å². The summed E-state index contributed by atoms with van der Waals surface area (Å²) in [5.41, 5.74) is 1.38. The molecule has 0 heterocycles. The summed E-state index contributed by atoms with van der Waals surface area (Å²) in [4.78, 5) is 0. The van der Waals surface area contributed by atoms with Gasteiger partial charge in [0, 0.05) is 5.33 Å². The second-order valence-corrected chi connectivity index (χ2v) is 3.91. The average molecular weight is 257 g/mol. The topological polar surface area (TPSA) is 9.23 Å². The predicted molar refractivity (Wildman–Crippen MR) is 64.4 cm³/mol. The fourth-order valence-corrected chi connectivity index (χ4v) is 2.27. The fraction of sp³-hybridized carbons (Fsp3) is 0.500. The molecule has 2 heteroatoms. The van der Waals surface area contributed by atoms with Crippen molar-refractivity contribution in [3.63, 3.8) is 0 Å². The van der Waals surface area contributed by atoms with Gasteiger partial charge in [-0.2, -0.15) is 0 Å². The number of ether oxygens (including phenoxy) is 1. The molecule has 0 amide bonds. The van der Waals surface area contributed by atoms with Crippen LogP contribution in [0.25, 0.3) is 0 Å². The molecule has 78 valence electrons. The van der Waals surface area contributed by atoms with Crippen molar-refractivity contribution in [1.29, 1.82) is 0 Å². The lowest BCUT2D eigenvalue weighted by molar-refractivity contribution is 0.340. The van der Waals surface area contributed by atoms with E-state index in [1.807, 2.05) is 19.1 Å². The van der Waals surface area contributed by atoms with Gasteiger partial charge in [0.05, 0.1) is 6.61 Å². The predicted octanol–water partition coefficient (Wildman–Crippen LogP) is 3.97. The molecule has 1 unspecified atom stereocenters. The summed E-state index contributed by atoms with van der Waals surface area (Å²) in [5, 5.41) is 1.03. The SMILES string of the molecule is CCOc1ccc(C(CC)CBr)cc1. The van der Waals surface area contributed by atoms with Gasteiger partial charge in [-0.25, -0.2) is 0 Å². The molecule has 1 atom stereocenters. The Morgan fingerprint density at radius 1 is 1.21 bits per heavy atom. The zero-order valence-corrected chi connectivity index (χ0v) is 10.4. The number of rotatable bonds is 5. The fourth-order valence-electron chi connectivity index (χ4n) is 1.44. The third kappa shape index (κ3) is 3.02. The smallest absolute Gasteiger partial charge is 0.119 e. The van der Waals surface area contributed by atoms with Gasteiger partial charge in [0.1, 0.15) is 5.75 Å². The van der Waals surface area contributed by atoms with Crippen LogP contribution in [0.5, 0.6) is 5.75 Å². The third-order valence-corrected chi connectivity index (χ3v) is 3.12. The van der Waals surface area contributed by atoms with Gasteiger partial charge < -0.3 is 4.74 Å². The van der Waals surface area contributed by atoms with E-state index < -0.39 is 0 Å². The summed E-state index contributed by atoms with van der Waals surface area (Å²) in [6.07, 6.45) is 1.17. The summed E-state index contributed by atoms with van der Waals surface area (Å²) < 4.78 is 5.40. The van der Waals surface area contributed by atoms with E-state index in [4.69, 9.17) is 4.74 Å². The number of halogens is 1. The van der Waals surface area contributed by atoms with Crippen LogP contribution in [0.2, 0.25) is 0 Å². The maximum absolute atomic E-state index is 5.40. The average Bonchev–Trinajstić information content (AvgIpc) is 2.23. The molecule has 1 aromatic carbocycles. The van der Waals surface area contributed by atoms with Crippen molar-refractivity contribution in [3.05, 3.63) is 29.8 Å². The first kappa shape index (κ1) is 11.6. The molecule has 1 rings (SSSR count). The summed E-state index contributed by atoms with van der Waals surface area (Å²) in [6, 6.07) is 8.40. The molecule has 0 fully saturated rings. The van der Waals surface area contributed by atoms with Crippen LogP contribution in [0.4, 0.5) is 0 Å². The van der Waals surface area contributed by atoms with Crippen molar-refractivity contribution in [2.45, 2.75) is 26.2 Å². The highest BCUT2D eigenvalue weighted by atomic mass is 79.9. The molecule has 0 bridgehead atoms. The standard InChI is InChI=1S/C12H17BrO/c1-3-10(9-13)11-5-7-12(8-6-11)14-4-2/h5-8,10H,3-4,9H2,1-2H3. The van der Waals surface area contributed by atoms with E-state index in [9.17, 15) is 0 Å². The van der Waals surface area contributed by atoms with Gasteiger partial charge in [-0.15, -0.1) is 0 Å². The second-order valence-electron chi connectivity index (χ2n) is 3.26. The Bertz CT molecular complexity index is 252. The van der Waals surface area contributed by atoms with Crippen LogP contribution in [0.3, 0.4) is 0 Å². The molecule has 0 spiro atoms. The maximum atomic E-state index is 5.40. The molecule has 0 N–H and O–H groups in total. The first-order valence-corrected chi connectivity index (χ1v) is 6.22. The molecular weight excluding hydrogens is 240 g/mol. The Morgan fingerprint density at radius 3 is 2.29 bits per heavy atom. The molecular formula is C12H17BrO.